The number of aliphatic hydroxyl groups excluding tert-OH is 1. The molecule has 6 rings (SSSR count). The number of hydrogen-bond acceptors (Lipinski definition) is 6. The molecule has 0 radical (unpaired) electrons. The molecule has 51 heavy (non-hydrogen) atoms. The Labute approximate surface area is 308 Å². The van der Waals surface area contributed by atoms with Gasteiger partial charge in [-0.3, -0.25) is 9.59 Å². The molecular formula is C44H68N2O5. The average Bonchev–Trinajstić information content (AvgIpc) is 3.65. The Morgan fingerprint density at radius 2 is 1.65 bits per heavy atom. The number of fused-ring (bicyclic) bond motifs is 4. The van der Waals surface area contributed by atoms with Gasteiger partial charge in [0, 0.05) is 30.3 Å². The molecule has 1 aromatic rings. The summed E-state index contributed by atoms with van der Waals surface area (Å²) in [4.78, 5) is 32.0. The van der Waals surface area contributed by atoms with Crippen LogP contribution in [0.2, 0.25) is 0 Å². The molecule has 0 unspecified atom stereocenters. The van der Waals surface area contributed by atoms with Gasteiger partial charge in [-0.25, -0.2) is 4.98 Å². The molecule has 5 aliphatic rings. The van der Waals surface area contributed by atoms with Crippen LogP contribution >= 0.6 is 0 Å². The number of rotatable bonds is 14. The first-order chi connectivity index (χ1) is 24.2. The second-order valence-corrected chi connectivity index (χ2v) is 18.5. The summed E-state index contributed by atoms with van der Waals surface area (Å²) in [5.74, 6) is 1.53. The number of imidazole rings is 1. The van der Waals surface area contributed by atoms with Gasteiger partial charge in [0.05, 0.1) is 24.5 Å². The van der Waals surface area contributed by atoms with Gasteiger partial charge in [-0.1, -0.05) is 83.6 Å². The second kappa shape index (κ2) is 14.8. The number of unbranched alkanes of at least 4 members (excludes halogenated alkanes) is 7. The number of aliphatic hydroxyl groups is 1. The molecule has 1 aromatic heterocycles. The van der Waals surface area contributed by atoms with Gasteiger partial charge in [-0.15, -0.1) is 0 Å². The number of carbonyl (C=O) groups is 2. The van der Waals surface area contributed by atoms with Crippen LogP contribution in [-0.4, -0.2) is 45.4 Å². The molecule has 11 atom stereocenters. The summed E-state index contributed by atoms with van der Waals surface area (Å²) in [6, 6.07) is 0. The fourth-order valence-corrected chi connectivity index (χ4v) is 13.1. The lowest BCUT2D eigenvalue weighted by Crippen LogP contribution is -2.69. The van der Waals surface area contributed by atoms with Gasteiger partial charge >= 0.3 is 11.9 Å². The van der Waals surface area contributed by atoms with Crippen molar-refractivity contribution < 1.29 is 24.2 Å². The second-order valence-electron chi connectivity index (χ2n) is 18.5. The van der Waals surface area contributed by atoms with Crippen molar-refractivity contribution >= 4 is 11.9 Å². The molecule has 284 valence electrons. The molecule has 7 nitrogen and oxygen atoms in total. The maximum atomic E-state index is 14.4. The molecule has 7 heteroatoms. The van der Waals surface area contributed by atoms with Gasteiger partial charge in [-0.05, 0) is 113 Å². The van der Waals surface area contributed by atoms with Gasteiger partial charge in [0.1, 0.15) is 11.9 Å². The predicted molar refractivity (Wildman–Crippen MR) is 202 cm³/mol. The molecule has 1 aliphatic heterocycles. The van der Waals surface area contributed by atoms with Crippen LogP contribution in [0.4, 0.5) is 0 Å². The lowest BCUT2D eigenvalue weighted by Gasteiger charge is -2.71. The van der Waals surface area contributed by atoms with E-state index in [-0.39, 0.29) is 64.9 Å². The fraction of sp³-hybridized carbons (Fsp3) is 0.795. The van der Waals surface area contributed by atoms with Crippen LogP contribution in [0.15, 0.2) is 36.7 Å². The van der Waals surface area contributed by atoms with Gasteiger partial charge in [-0.2, -0.15) is 0 Å². The smallest absolute Gasteiger partial charge is 0.312 e. The number of hydrogen-bond donors (Lipinski definition) is 1. The monoisotopic (exact) mass is 705 g/mol. The summed E-state index contributed by atoms with van der Waals surface area (Å²) in [6.07, 6.45) is 18.6. The molecule has 0 spiro atoms. The Bertz CT molecular complexity index is 1470. The zero-order valence-corrected chi connectivity index (χ0v) is 32.8. The van der Waals surface area contributed by atoms with E-state index in [2.05, 4.69) is 70.4 Å². The van der Waals surface area contributed by atoms with Crippen molar-refractivity contribution in [2.24, 2.45) is 51.2 Å². The molecule has 4 saturated carbocycles. The van der Waals surface area contributed by atoms with Crippen molar-refractivity contribution in [3.8, 4) is 0 Å². The number of carbonyl (C=O) groups excluding carboxylic acids is 2. The SMILES string of the molecule is C=C(C)[C@@H]1CC[C@]2(C(=O)OCCCCCCCCCCn3ccnc3C)CC[C@]3(C)[C@H](C[C@H]4OC(=O)C[C@@H](O)[C@]5(C)[C@@H]4[C@@]3(C)CC[C@H]5C(=C)C)[C@@H]12. The average molecular weight is 705 g/mol. The minimum atomic E-state index is -0.767. The number of nitrogens with zero attached hydrogens (tertiary/aromatic N) is 2. The molecular weight excluding hydrogens is 636 g/mol. The van der Waals surface area contributed by atoms with Crippen molar-refractivity contribution in [2.75, 3.05) is 6.61 Å². The van der Waals surface area contributed by atoms with Crippen LogP contribution in [0.3, 0.4) is 0 Å². The Morgan fingerprint density at radius 1 is 0.961 bits per heavy atom. The van der Waals surface area contributed by atoms with Crippen LogP contribution in [0, 0.1) is 58.2 Å². The van der Waals surface area contributed by atoms with Crippen molar-refractivity contribution in [3.05, 3.63) is 42.5 Å². The Kier molecular flexibility index (Phi) is 11.1. The van der Waals surface area contributed by atoms with Crippen LogP contribution in [0.5, 0.6) is 0 Å². The third-order valence-electron chi connectivity index (χ3n) is 16.0. The van der Waals surface area contributed by atoms with Crippen LogP contribution < -0.4 is 0 Å². The number of allylic oxidation sites excluding steroid dienone is 2. The summed E-state index contributed by atoms with van der Waals surface area (Å²) in [5, 5.41) is 11.8. The van der Waals surface area contributed by atoms with Gasteiger partial charge in [0.15, 0.2) is 0 Å². The van der Waals surface area contributed by atoms with E-state index in [4.69, 9.17) is 9.47 Å². The minimum Gasteiger partial charge on any atom is -0.465 e. The summed E-state index contributed by atoms with van der Waals surface area (Å²) in [7, 11) is 0. The third kappa shape index (κ3) is 6.48. The highest BCUT2D eigenvalue weighted by Gasteiger charge is 2.74. The number of aryl methyl sites for hydroxylation is 2. The van der Waals surface area contributed by atoms with Gasteiger partial charge < -0.3 is 19.1 Å². The van der Waals surface area contributed by atoms with Crippen molar-refractivity contribution in [1.82, 2.24) is 9.55 Å². The fourth-order valence-electron chi connectivity index (χ4n) is 13.1. The van der Waals surface area contributed by atoms with Crippen molar-refractivity contribution in [3.63, 3.8) is 0 Å². The molecule has 1 N–H and O–H groups in total. The minimum absolute atomic E-state index is 0.00261. The summed E-state index contributed by atoms with van der Waals surface area (Å²) in [5.41, 5.74) is 1.00. The molecule has 5 fully saturated rings. The summed E-state index contributed by atoms with van der Waals surface area (Å²) in [6.45, 7) is 23.8. The number of aromatic nitrogens is 2. The lowest BCUT2D eigenvalue weighted by atomic mass is 9.33. The van der Waals surface area contributed by atoms with E-state index in [9.17, 15) is 14.7 Å². The zero-order valence-electron chi connectivity index (χ0n) is 32.8. The highest BCUT2D eigenvalue weighted by molar-refractivity contribution is 5.78. The van der Waals surface area contributed by atoms with E-state index in [1.54, 1.807) is 0 Å². The standard InChI is InChI=1S/C44H68N2O5/c1-29(2)32-17-20-44(40(49)50-26-16-14-12-10-9-11-13-15-24-46-25-23-45-31(46)5)22-21-41(6)34(38(32)44)27-35-39-42(41,7)19-18-33(30(3)4)43(39,8)36(47)28-37(48)51-35/h23,25,32-36,38-39,47H,1,3,9-22,24,26-28H2,2,4-8H3/t32-,33-,34+,35+,36+,38+,39-,41+,42+,43+,44-/m0/s1. The Morgan fingerprint density at radius 3 is 2.29 bits per heavy atom. The summed E-state index contributed by atoms with van der Waals surface area (Å²) >= 11 is 0. The van der Waals surface area contributed by atoms with Crippen LogP contribution in [0.1, 0.15) is 143 Å². The first-order valence-corrected chi connectivity index (χ1v) is 20.5. The molecule has 1 saturated heterocycles. The Hall–Kier alpha value is -2.41. The highest BCUT2D eigenvalue weighted by Crippen LogP contribution is 2.77. The third-order valence-corrected chi connectivity index (χ3v) is 16.0. The first-order valence-electron chi connectivity index (χ1n) is 20.5. The molecule has 0 aromatic carbocycles. The van der Waals surface area contributed by atoms with Crippen molar-refractivity contribution in [2.45, 2.75) is 163 Å². The predicted octanol–water partition coefficient (Wildman–Crippen LogP) is 9.56. The van der Waals surface area contributed by atoms with Gasteiger partial charge in [0.2, 0.25) is 0 Å². The maximum Gasteiger partial charge on any atom is 0.312 e. The first kappa shape index (κ1) is 38.3. The topological polar surface area (TPSA) is 90.7 Å². The zero-order chi connectivity index (χ0) is 36.8. The molecule has 4 aliphatic carbocycles. The van der Waals surface area contributed by atoms with Crippen LogP contribution in [0.25, 0.3) is 0 Å². The highest BCUT2D eigenvalue weighted by atomic mass is 16.5. The van der Waals surface area contributed by atoms with E-state index < -0.39 is 16.9 Å². The van der Waals surface area contributed by atoms with E-state index in [1.807, 2.05) is 6.20 Å². The van der Waals surface area contributed by atoms with Crippen LogP contribution in [-0.2, 0) is 25.6 Å². The summed E-state index contributed by atoms with van der Waals surface area (Å²) < 4.78 is 14.9. The van der Waals surface area contributed by atoms with Gasteiger partial charge in [0.25, 0.3) is 0 Å². The van der Waals surface area contributed by atoms with E-state index in [0.29, 0.717) is 6.61 Å². The molecule has 0 bridgehead atoms. The molecule has 0 amide bonds. The quantitative estimate of drug-likeness (QED) is 0.118. The van der Waals surface area contributed by atoms with E-state index in [0.717, 1.165) is 81.3 Å². The number of ether oxygens (including phenoxy) is 2. The normalized spacial score (nSPS) is 40.0. The Balaban J connectivity index is 1.11. The van der Waals surface area contributed by atoms with E-state index in [1.165, 1.54) is 38.5 Å². The maximum absolute atomic E-state index is 14.4. The van der Waals surface area contributed by atoms with E-state index >= 15 is 0 Å². The number of esters is 2. The largest absolute Gasteiger partial charge is 0.465 e. The molecule has 2 heterocycles. The van der Waals surface area contributed by atoms with Crippen molar-refractivity contribution in [1.29, 1.82) is 0 Å². The lowest BCUT2D eigenvalue weighted by molar-refractivity contribution is -0.260.